The minimum Gasteiger partial charge on any atom is -0.361 e. The molecule has 0 aliphatic carbocycles. The molecule has 0 aromatic carbocycles. The summed E-state index contributed by atoms with van der Waals surface area (Å²) >= 11 is 0. The molecule has 2 saturated heterocycles. The first-order valence-corrected chi connectivity index (χ1v) is 9.40. The summed E-state index contributed by atoms with van der Waals surface area (Å²) in [5.41, 5.74) is 3.95. The molecule has 25 heavy (non-hydrogen) atoms. The van der Waals surface area contributed by atoms with Gasteiger partial charge >= 0.3 is 0 Å². The monoisotopic (exact) mass is 340 g/mol. The molecule has 0 radical (unpaired) electrons. The molecule has 1 unspecified atom stereocenters. The fourth-order valence-electron chi connectivity index (χ4n) is 4.61. The maximum absolute atomic E-state index is 5.33. The summed E-state index contributed by atoms with van der Waals surface area (Å²) in [6.07, 6.45) is 5.85. The first-order valence-electron chi connectivity index (χ1n) is 9.40. The van der Waals surface area contributed by atoms with Gasteiger partial charge in [0, 0.05) is 37.9 Å². The number of rotatable bonds is 4. The van der Waals surface area contributed by atoms with E-state index >= 15 is 0 Å². The highest BCUT2D eigenvalue weighted by atomic mass is 16.5. The van der Waals surface area contributed by atoms with Crippen molar-refractivity contribution in [3.63, 3.8) is 0 Å². The second kappa shape index (κ2) is 6.89. The van der Waals surface area contributed by atoms with Gasteiger partial charge in [-0.05, 0) is 63.7 Å². The van der Waals surface area contributed by atoms with E-state index in [0.717, 1.165) is 24.5 Å². The van der Waals surface area contributed by atoms with Crippen LogP contribution in [0.1, 0.15) is 42.0 Å². The van der Waals surface area contributed by atoms with E-state index in [2.05, 4.69) is 32.1 Å². The maximum atomic E-state index is 5.33. The van der Waals surface area contributed by atoms with Crippen LogP contribution in [0.4, 0.5) is 0 Å². The van der Waals surface area contributed by atoms with Crippen molar-refractivity contribution in [2.24, 2.45) is 5.41 Å². The Labute approximate surface area is 150 Å². The summed E-state index contributed by atoms with van der Waals surface area (Å²) < 4.78 is 5.33. The van der Waals surface area contributed by atoms with Gasteiger partial charge in [0.05, 0.1) is 11.4 Å². The third-order valence-corrected chi connectivity index (χ3v) is 5.93. The molecule has 0 bridgehead atoms. The number of piperidine rings is 1. The molecule has 2 aliphatic rings. The van der Waals surface area contributed by atoms with Crippen LogP contribution in [0.25, 0.3) is 0 Å². The lowest BCUT2D eigenvalue weighted by molar-refractivity contribution is 0.0856. The van der Waals surface area contributed by atoms with Crippen molar-refractivity contribution in [3.05, 3.63) is 47.1 Å². The third kappa shape index (κ3) is 3.62. The first kappa shape index (κ1) is 16.7. The number of aromatic nitrogens is 2. The molecule has 5 nitrogen and oxygen atoms in total. The molecule has 134 valence electrons. The van der Waals surface area contributed by atoms with E-state index in [9.17, 15) is 0 Å². The van der Waals surface area contributed by atoms with E-state index in [0.29, 0.717) is 5.41 Å². The summed E-state index contributed by atoms with van der Waals surface area (Å²) in [5, 5.41) is 4.10. The third-order valence-electron chi connectivity index (χ3n) is 5.93. The molecule has 0 N–H and O–H groups in total. The average molecular weight is 340 g/mol. The van der Waals surface area contributed by atoms with Gasteiger partial charge < -0.3 is 4.52 Å². The second-order valence-electron chi connectivity index (χ2n) is 7.90. The molecule has 5 heteroatoms. The van der Waals surface area contributed by atoms with Crippen LogP contribution in [0.15, 0.2) is 28.9 Å². The van der Waals surface area contributed by atoms with Crippen LogP contribution in [-0.4, -0.2) is 46.1 Å². The molecule has 2 aromatic rings. The quantitative estimate of drug-likeness (QED) is 0.855. The number of aryl methyl sites for hydroxylation is 2. The molecule has 1 spiro atoms. The predicted octanol–water partition coefficient (Wildman–Crippen LogP) is 3.17. The van der Waals surface area contributed by atoms with Gasteiger partial charge in [-0.1, -0.05) is 11.2 Å². The minimum absolute atomic E-state index is 0.450. The van der Waals surface area contributed by atoms with Crippen LogP contribution in [0.3, 0.4) is 0 Å². The Hall–Kier alpha value is -1.72. The lowest BCUT2D eigenvalue weighted by Gasteiger charge is -2.40. The van der Waals surface area contributed by atoms with E-state index in [1.54, 1.807) is 0 Å². The first-order chi connectivity index (χ1) is 12.1. The van der Waals surface area contributed by atoms with Gasteiger partial charge in [0.1, 0.15) is 5.76 Å². The summed E-state index contributed by atoms with van der Waals surface area (Å²) in [6, 6.07) is 6.22. The van der Waals surface area contributed by atoms with E-state index in [4.69, 9.17) is 4.52 Å². The predicted molar refractivity (Wildman–Crippen MR) is 97.1 cm³/mol. The van der Waals surface area contributed by atoms with Crippen LogP contribution in [0.2, 0.25) is 0 Å². The molecule has 2 aliphatic heterocycles. The number of nitrogens with zero attached hydrogens (tertiary/aromatic N) is 4. The van der Waals surface area contributed by atoms with Crippen LogP contribution < -0.4 is 0 Å². The number of likely N-dealkylation sites (tertiary alicyclic amines) is 2. The van der Waals surface area contributed by atoms with Gasteiger partial charge in [-0.2, -0.15) is 0 Å². The summed E-state index contributed by atoms with van der Waals surface area (Å²) in [4.78, 5) is 9.70. The van der Waals surface area contributed by atoms with Crippen molar-refractivity contribution in [3.8, 4) is 0 Å². The molecule has 1 atom stereocenters. The van der Waals surface area contributed by atoms with Gasteiger partial charge in [0.25, 0.3) is 0 Å². The SMILES string of the molecule is Cc1noc(C)c1CN1CCC2(CCCN(Cc3ccccn3)C2)C1. The van der Waals surface area contributed by atoms with E-state index in [-0.39, 0.29) is 0 Å². The largest absolute Gasteiger partial charge is 0.361 e. The molecule has 2 aromatic heterocycles. The Morgan fingerprint density at radius 3 is 2.64 bits per heavy atom. The highest BCUT2D eigenvalue weighted by Crippen LogP contribution is 2.40. The highest BCUT2D eigenvalue weighted by molar-refractivity contribution is 5.21. The standard InChI is InChI=1S/C20H28N4O/c1-16-19(17(2)25-22-16)13-24-11-8-20(15-24)7-5-10-23(14-20)12-18-6-3-4-9-21-18/h3-4,6,9H,5,7-8,10-15H2,1-2H3. The van der Waals surface area contributed by atoms with Gasteiger partial charge in [-0.3, -0.25) is 14.8 Å². The summed E-state index contributed by atoms with van der Waals surface area (Å²) in [6.45, 7) is 10.8. The van der Waals surface area contributed by atoms with Gasteiger partial charge in [-0.15, -0.1) is 0 Å². The lowest BCUT2D eigenvalue weighted by Crippen LogP contribution is -2.44. The highest BCUT2D eigenvalue weighted by Gasteiger charge is 2.41. The van der Waals surface area contributed by atoms with Gasteiger partial charge in [0.15, 0.2) is 0 Å². The van der Waals surface area contributed by atoms with Crippen molar-refractivity contribution in [1.29, 1.82) is 0 Å². The van der Waals surface area contributed by atoms with Crippen LogP contribution in [0.5, 0.6) is 0 Å². The molecular weight excluding hydrogens is 312 g/mol. The Bertz CT molecular complexity index is 694. The fourth-order valence-corrected chi connectivity index (χ4v) is 4.61. The van der Waals surface area contributed by atoms with Crippen LogP contribution in [-0.2, 0) is 13.1 Å². The molecule has 4 rings (SSSR count). The van der Waals surface area contributed by atoms with E-state index in [1.807, 2.05) is 26.1 Å². The molecule has 4 heterocycles. The Morgan fingerprint density at radius 1 is 1.08 bits per heavy atom. The van der Waals surface area contributed by atoms with Gasteiger partial charge in [-0.25, -0.2) is 0 Å². The van der Waals surface area contributed by atoms with Crippen molar-refractivity contribution >= 4 is 0 Å². The molecule has 2 fully saturated rings. The van der Waals surface area contributed by atoms with E-state index in [1.165, 1.54) is 56.7 Å². The number of hydrogen-bond acceptors (Lipinski definition) is 5. The number of pyridine rings is 1. The minimum atomic E-state index is 0.450. The topological polar surface area (TPSA) is 45.4 Å². The zero-order valence-electron chi connectivity index (χ0n) is 15.4. The van der Waals surface area contributed by atoms with Crippen molar-refractivity contribution < 1.29 is 4.52 Å². The zero-order valence-corrected chi connectivity index (χ0v) is 15.4. The van der Waals surface area contributed by atoms with Gasteiger partial charge in [0.2, 0.25) is 0 Å². The zero-order chi connectivity index (χ0) is 17.3. The van der Waals surface area contributed by atoms with Crippen molar-refractivity contribution in [2.45, 2.75) is 46.2 Å². The fraction of sp³-hybridized carbons (Fsp3) is 0.600. The summed E-state index contributed by atoms with van der Waals surface area (Å²) in [5.74, 6) is 0.971. The van der Waals surface area contributed by atoms with Crippen molar-refractivity contribution in [1.82, 2.24) is 19.9 Å². The number of hydrogen-bond donors (Lipinski definition) is 0. The average Bonchev–Trinajstić information content (AvgIpc) is 3.14. The smallest absolute Gasteiger partial charge is 0.138 e. The van der Waals surface area contributed by atoms with Crippen LogP contribution in [0, 0.1) is 19.3 Å². The second-order valence-corrected chi connectivity index (χ2v) is 7.90. The molecular formula is C20H28N4O. The van der Waals surface area contributed by atoms with Crippen molar-refractivity contribution in [2.75, 3.05) is 26.2 Å². The van der Waals surface area contributed by atoms with E-state index < -0.39 is 0 Å². The Kier molecular flexibility index (Phi) is 4.61. The molecule has 0 amide bonds. The van der Waals surface area contributed by atoms with Crippen LogP contribution >= 0.6 is 0 Å². The maximum Gasteiger partial charge on any atom is 0.138 e. The molecule has 0 saturated carbocycles. The Balaban J connectivity index is 1.39. The Morgan fingerprint density at radius 2 is 1.92 bits per heavy atom. The lowest BCUT2D eigenvalue weighted by atomic mass is 9.79. The summed E-state index contributed by atoms with van der Waals surface area (Å²) in [7, 11) is 0. The normalized spacial score (nSPS) is 25.0.